The van der Waals surface area contributed by atoms with E-state index in [4.69, 9.17) is 19.6 Å². The van der Waals surface area contributed by atoms with Crippen LogP contribution in [0.2, 0.25) is 0 Å². The molecule has 0 spiro atoms. The van der Waals surface area contributed by atoms with Crippen LogP contribution in [0, 0.1) is 6.92 Å². The highest BCUT2D eigenvalue weighted by Gasteiger charge is 2.27. The normalized spacial score (nSPS) is 15.2. The van der Waals surface area contributed by atoms with Gasteiger partial charge in [-0.15, -0.1) is 10.2 Å². The molecule has 9 nitrogen and oxygen atoms in total. The quantitative estimate of drug-likeness (QED) is 0.678. The van der Waals surface area contributed by atoms with E-state index in [9.17, 15) is 9.59 Å². The molecule has 1 atom stereocenters. The molecule has 144 valence electrons. The van der Waals surface area contributed by atoms with Crippen LogP contribution in [0.25, 0.3) is 0 Å². The van der Waals surface area contributed by atoms with Gasteiger partial charge in [-0.3, -0.25) is 4.79 Å². The number of nitrogen functional groups attached to an aromatic ring is 1. The van der Waals surface area contributed by atoms with E-state index in [1.54, 1.807) is 25.1 Å². The molecule has 3 aromatic rings. The number of aromatic nitrogens is 2. The van der Waals surface area contributed by atoms with E-state index in [1.165, 1.54) is 0 Å². The molecule has 0 aliphatic carbocycles. The van der Waals surface area contributed by atoms with Crippen LogP contribution in [-0.2, 0) is 6.54 Å². The molecule has 28 heavy (non-hydrogen) atoms. The summed E-state index contributed by atoms with van der Waals surface area (Å²) in [5.74, 6) is 0.937. The Labute approximate surface area is 163 Å². The molecule has 3 N–H and O–H groups in total. The van der Waals surface area contributed by atoms with E-state index in [2.05, 4.69) is 15.5 Å². The van der Waals surface area contributed by atoms with Gasteiger partial charge >= 0.3 is 5.63 Å². The molecular formula is C18H16N4O5S. The second kappa shape index (κ2) is 7.31. The van der Waals surface area contributed by atoms with Crippen molar-refractivity contribution in [1.29, 1.82) is 0 Å². The molecule has 3 heterocycles. The van der Waals surface area contributed by atoms with Gasteiger partial charge in [0.15, 0.2) is 23.4 Å². The molecule has 0 saturated heterocycles. The Morgan fingerprint density at radius 3 is 2.82 bits per heavy atom. The number of hydrogen-bond donors (Lipinski definition) is 2. The van der Waals surface area contributed by atoms with Crippen molar-refractivity contribution in [2.45, 2.75) is 19.6 Å². The molecule has 2 aromatic heterocycles. The number of carbonyl (C=O) groups is 1. The van der Waals surface area contributed by atoms with E-state index in [1.807, 2.05) is 12.1 Å². The zero-order valence-electron chi connectivity index (χ0n) is 14.8. The lowest BCUT2D eigenvalue weighted by molar-refractivity contribution is 0.0721. The van der Waals surface area contributed by atoms with Crippen LogP contribution in [0.5, 0.6) is 11.5 Å². The summed E-state index contributed by atoms with van der Waals surface area (Å²) >= 11 is 1.16. The van der Waals surface area contributed by atoms with Crippen LogP contribution >= 0.6 is 11.3 Å². The van der Waals surface area contributed by atoms with Crippen LogP contribution < -0.4 is 26.1 Å². The summed E-state index contributed by atoms with van der Waals surface area (Å²) in [5, 5.41) is 11.0. The third-order valence-electron chi connectivity index (χ3n) is 4.10. The number of aryl methyl sites for hydroxylation is 1. The highest BCUT2D eigenvalue weighted by Crippen LogP contribution is 2.35. The SMILES string of the molecule is Cc1cc(C2COc3ccccc3O2)oc(=O)c1C(=O)NCc1nnc(N)s1. The Morgan fingerprint density at radius 1 is 1.32 bits per heavy atom. The highest BCUT2D eigenvalue weighted by atomic mass is 32.1. The fourth-order valence-corrected chi connectivity index (χ4v) is 3.36. The van der Waals surface area contributed by atoms with Gasteiger partial charge in [-0.05, 0) is 30.7 Å². The predicted molar refractivity (Wildman–Crippen MR) is 101 cm³/mol. The van der Waals surface area contributed by atoms with E-state index >= 15 is 0 Å². The van der Waals surface area contributed by atoms with Gasteiger partial charge in [0.2, 0.25) is 5.13 Å². The first-order chi connectivity index (χ1) is 13.5. The smallest absolute Gasteiger partial charge is 0.349 e. The summed E-state index contributed by atoms with van der Waals surface area (Å²) in [6, 6.07) is 8.85. The van der Waals surface area contributed by atoms with Crippen molar-refractivity contribution in [2.24, 2.45) is 0 Å². The largest absolute Gasteiger partial charge is 0.485 e. The standard InChI is InChI=1S/C18H16N4O5S/c1-9-6-12(13-8-25-10-4-2-3-5-11(10)26-13)27-17(24)15(9)16(23)20-7-14-21-22-18(19)28-14/h2-6,13H,7-8H2,1H3,(H2,19,22)(H,20,23). The number of nitrogens with one attached hydrogen (secondary N) is 1. The molecule has 1 aliphatic heterocycles. The third kappa shape index (κ3) is 3.54. The van der Waals surface area contributed by atoms with Crippen molar-refractivity contribution in [3.8, 4) is 11.5 Å². The van der Waals surface area contributed by atoms with Crippen LogP contribution in [0.1, 0.15) is 32.8 Å². The Kier molecular flexibility index (Phi) is 4.70. The van der Waals surface area contributed by atoms with Gasteiger partial charge < -0.3 is 24.9 Å². The molecule has 1 amide bonds. The minimum atomic E-state index is -0.744. The molecule has 1 aromatic carbocycles. The second-order valence-corrected chi connectivity index (χ2v) is 7.17. The zero-order valence-corrected chi connectivity index (χ0v) is 15.6. The van der Waals surface area contributed by atoms with E-state index in [0.717, 1.165) is 11.3 Å². The fraction of sp³-hybridized carbons (Fsp3) is 0.222. The number of hydrogen-bond acceptors (Lipinski definition) is 9. The van der Waals surface area contributed by atoms with E-state index < -0.39 is 17.6 Å². The van der Waals surface area contributed by atoms with Gasteiger partial charge in [0.25, 0.3) is 5.91 Å². The average Bonchev–Trinajstić information content (AvgIpc) is 3.10. The van der Waals surface area contributed by atoms with Gasteiger partial charge in [-0.1, -0.05) is 23.5 Å². The number of carbonyl (C=O) groups excluding carboxylic acids is 1. The van der Waals surface area contributed by atoms with Gasteiger partial charge in [0, 0.05) is 0 Å². The minimum absolute atomic E-state index is 0.0710. The summed E-state index contributed by atoms with van der Waals surface area (Å²) in [6.45, 7) is 1.98. The van der Waals surface area contributed by atoms with Gasteiger partial charge in [0.1, 0.15) is 17.2 Å². The van der Waals surface area contributed by atoms with Crippen molar-refractivity contribution in [2.75, 3.05) is 12.3 Å². The number of ether oxygens (including phenoxy) is 2. The number of para-hydroxylation sites is 2. The minimum Gasteiger partial charge on any atom is -0.485 e. The number of benzene rings is 1. The first kappa shape index (κ1) is 18.0. The van der Waals surface area contributed by atoms with Gasteiger partial charge in [0.05, 0.1) is 6.54 Å². The molecule has 0 bridgehead atoms. The Hall–Kier alpha value is -3.40. The highest BCUT2D eigenvalue weighted by molar-refractivity contribution is 7.15. The lowest BCUT2D eigenvalue weighted by atomic mass is 10.1. The molecule has 0 fully saturated rings. The number of fused-ring (bicyclic) bond motifs is 1. The summed E-state index contributed by atoms with van der Waals surface area (Å²) in [7, 11) is 0. The van der Waals surface area contributed by atoms with E-state index in [0.29, 0.717) is 33.0 Å². The maximum Gasteiger partial charge on any atom is 0.349 e. The van der Waals surface area contributed by atoms with Crippen molar-refractivity contribution < 1.29 is 18.7 Å². The Bertz CT molecular complexity index is 1090. The van der Waals surface area contributed by atoms with Crippen molar-refractivity contribution in [1.82, 2.24) is 15.5 Å². The van der Waals surface area contributed by atoms with Gasteiger partial charge in [-0.25, -0.2) is 4.79 Å². The summed E-state index contributed by atoms with van der Waals surface area (Å²) in [6.07, 6.45) is -0.581. The lowest BCUT2D eigenvalue weighted by Gasteiger charge is -2.25. The first-order valence-corrected chi connectivity index (χ1v) is 9.22. The van der Waals surface area contributed by atoms with Crippen molar-refractivity contribution in [3.05, 3.63) is 62.6 Å². The first-order valence-electron chi connectivity index (χ1n) is 8.40. The molecule has 1 aliphatic rings. The maximum atomic E-state index is 12.4. The monoisotopic (exact) mass is 400 g/mol. The van der Waals surface area contributed by atoms with Crippen molar-refractivity contribution in [3.63, 3.8) is 0 Å². The van der Waals surface area contributed by atoms with Crippen LogP contribution in [0.4, 0.5) is 5.13 Å². The average molecular weight is 400 g/mol. The fourth-order valence-electron chi connectivity index (χ4n) is 2.81. The Morgan fingerprint density at radius 2 is 2.11 bits per heavy atom. The molecule has 10 heteroatoms. The zero-order chi connectivity index (χ0) is 19.7. The number of nitrogens with two attached hydrogens (primary N) is 1. The summed E-state index contributed by atoms with van der Waals surface area (Å²) < 4.78 is 16.9. The summed E-state index contributed by atoms with van der Waals surface area (Å²) in [5.41, 5.74) is 5.17. The number of anilines is 1. The van der Waals surface area contributed by atoms with E-state index in [-0.39, 0.29) is 18.7 Å². The van der Waals surface area contributed by atoms with Crippen LogP contribution in [0.15, 0.2) is 39.5 Å². The molecule has 1 unspecified atom stereocenters. The lowest BCUT2D eigenvalue weighted by Crippen LogP contribution is -2.30. The number of rotatable bonds is 4. The maximum absolute atomic E-state index is 12.4. The second-order valence-electron chi connectivity index (χ2n) is 6.08. The summed E-state index contributed by atoms with van der Waals surface area (Å²) in [4.78, 5) is 24.9. The molecule has 0 radical (unpaired) electrons. The third-order valence-corrected chi connectivity index (χ3v) is 4.86. The van der Waals surface area contributed by atoms with Gasteiger partial charge in [-0.2, -0.15) is 0 Å². The number of amides is 1. The van der Waals surface area contributed by atoms with Crippen LogP contribution in [-0.4, -0.2) is 22.7 Å². The topological polar surface area (TPSA) is 130 Å². The Balaban J connectivity index is 1.52. The molecule has 0 saturated carbocycles. The van der Waals surface area contributed by atoms with Crippen LogP contribution in [0.3, 0.4) is 0 Å². The molecular weight excluding hydrogens is 384 g/mol. The predicted octanol–water partition coefficient (Wildman–Crippen LogP) is 1.82. The van der Waals surface area contributed by atoms with Crippen molar-refractivity contribution >= 4 is 22.4 Å². The number of nitrogens with zero attached hydrogens (tertiary/aromatic N) is 2. The molecule has 4 rings (SSSR count).